The monoisotopic (exact) mass is 344 g/mol. The number of guanidine groups is 1. The fourth-order valence-corrected chi connectivity index (χ4v) is 3.30. The Morgan fingerprint density at radius 1 is 1.16 bits per heavy atom. The molecule has 0 saturated carbocycles. The van der Waals surface area contributed by atoms with Crippen molar-refractivity contribution >= 4 is 5.96 Å². The molecular formula is C21H36N4. The van der Waals surface area contributed by atoms with E-state index in [2.05, 4.69) is 59.7 Å². The largest absolute Gasteiger partial charge is 0.357 e. The molecular weight excluding hydrogens is 308 g/mol. The van der Waals surface area contributed by atoms with E-state index in [1.807, 2.05) is 0 Å². The SMILES string of the molecule is CCNC(=NCCCCN1CCCC1)NC(C)CCc1ccccc1. The minimum absolute atomic E-state index is 0.419. The fourth-order valence-electron chi connectivity index (χ4n) is 3.30. The van der Waals surface area contributed by atoms with E-state index in [1.165, 1.54) is 50.9 Å². The van der Waals surface area contributed by atoms with Gasteiger partial charge >= 0.3 is 0 Å². The lowest BCUT2D eigenvalue weighted by Crippen LogP contribution is -2.42. The number of unbranched alkanes of at least 4 members (excludes halogenated alkanes) is 1. The van der Waals surface area contributed by atoms with E-state index in [0.717, 1.165) is 31.9 Å². The number of benzene rings is 1. The summed E-state index contributed by atoms with van der Waals surface area (Å²) >= 11 is 0. The number of hydrogen-bond acceptors (Lipinski definition) is 2. The van der Waals surface area contributed by atoms with Crippen LogP contribution in [0.25, 0.3) is 0 Å². The second kappa shape index (κ2) is 11.9. The second-order valence-electron chi connectivity index (χ2n) is 7.09. The molecule has 2 rings (SSSR count). The van der Waals surface area contributed by atoms with Gasteiger partial charge in [-0.1, -0.05) is 30.3 Å². The van der Waals surface area contributed by atoms with Crippen molar-refractivity contribution < 1.29 is 0 Å². The Kier molecular flexibility index (Phi) is 9.42. The summed E-state index contributed by atoms with van der Waals surface area (Å²) in [4.78, 5) is 7.33. The molecule has 4 heteroatoms. The third-order valence-electron chi connectivity index (χ3n) is 4.79. The maximum atomic E-state index is 4.75. The highest BCUT2D eigenvalue weighted by Gasteiger charge is 2.10. The summed E-state index contributed by atoms with van der Waals surface area (Å²) < 4.78 is 0. The first kappa shape index (κ1) is 19.8. The smallest absolute Gasteiger partial charge is 0.191 e. The van der Waals surface area contributed by atoms with Crippen molar-refractivity contribution in [3.05, 3.63) is 35.9 Å². The van der Waals surface area contributed by atoms with Gasteiger partial charge in [-0.25, -0.2) is 0 Å². The molecule has 1 aromatic rings. The van der Waals surface area contributed by atoms with E-state index < -0.39 is 0 Å². The molecule has 0 aromatic heterocycles. The van der Waals surface area contributed by atoms with Crippen LogP contribution in [0, 0.1) is 0 Å². The highest BCUT2D eigenvalue weighted by Crippen LogP contribution is 2.08. The van der Waals surface area contributed by atoms with Crippen molar-refractivity contribution in [3.63, 3.8) is 0 Å². The Hall–Kier alpha value is -1.55. The Balaban J connectivity index is 1.65. The number of rotatable bonds is 10. The van der Waals surface area contributed by atoms with Crippen LogP contribution < -0.4 is 10.6 Å². The number of nitrogens with one attached hydrogen (secondary N) is 2. The van der Waals surface area contributed by atoms with Gasteiger partial charge in [0.25, 0.3) is 0 Å². The maximum absolute atomic E-state index is 4.75. The van der Waals surface area contributed by atoms with E-state index in [0.29, 0.717) is 6.04 Å². The van der Waals surface area contributed by atoms with Gasteiger partial charge in [-0.3, -0.25) is 4.99 Å². The summed E-state index contributed by atoms with van der Waals surface area (Å²) in [6.07, 6.45) is 7.41. The van der Waals surface area contributed by atoms with E-state index in [9.17, 15) is 0 Å². The molecule has 0 amide bonds. The van der Waals surface area contributed by atoms with E-state index in [4.69, 9.17) is 4.99 Å². The zero-order chi connectivity index (χ0) is 17.7. The lowest BCUT2D eigenvalue weighted by Gasteiger charge is -2.18. The van der Waals surface area contributed by atoms with Crippen LogP contribution in [0.3, 0.4) is 0 Å². The Morgan fingerprint density at radius 2 is 1.92 bits per heavy atom. The van der Waals surface area contributed by atoms with Crippen molar-refractivity contribution in [3.8, 4) is 0 Å². The Labute approximate surface area is 154 Å². The van der Waals surface area contributed by atoms with Gasteiger partial charge in [0.15, 0.2) is 5.96 Å². The average Bonchev–Trinajstić information content (AvgIpc) is 3.14. The average molecular weight is 345 g/mol. The fraction of sp³-hybridized carbons (Fsp3) is 0.667. The first-order valence-corrected chi connectivity index (χ1v) is 10.1. The minimum Gasteiger partial charge on any atom is -0.357 e. The minimum atomic E-state index is 0.419. The normalized spacial score (nSPS) is 16.8. The number of likely N-dealkylation sites (tertiary alicyclic amines) is 1. The Bertz CT molecular complexity index is 480. The number of aryl methyl sites for hydroxylation is 1. The number of hydrogen-bond donors (Lipinski definition) is 2. The van der Waals surface area contributed by atoms with Crippen LogP contribution in [0.15, 0.2) is 35.3 Å². The van der Waals surface area contributed by atoms with E-state index >= 15 is 0 Å². The standard InChI is InChI=1S/C21H36N4/c1-3-22-21(23-15-7-8-16-25-17-9-10-18-25)24-19(2)13-14-20-11-5-4-6-12-20/h4-6,11-12,19H,3,7-10,13-18H2,1-2H3,(H2,22,23,24). The summed E-state index contributed by atoms with van der Waals surface area (Å²) in [7, 11) is 0. The van der Waals surface area contributed by atoms with Crippen LogP contribution >= 0.6 is 0 Å². The maximum Gasteiger partial charge on any atom is 0.191 e. The summed E-state index contributed by atoms with van der Waals surface area (Å²) in [5, 5.41) is 6.92. The van der Waals surface area contributed by atoms with Crippen LogP contribution in [0.2, 0.25) is 0 Å². The third-order valence-corrected chi connectivity index (χ3v) is 4.79. The number of nitrogens with zero attached hydrogens (tertiary/aromatic N) is 2. The van der Waals surface area contributed by atoms with Gasteiger partial charge in [0.1, 0.15) is 0 Å². The summed E-state index contributed by atoms with van der Waals surface area (Å²) in [6.45, 7) is 10.0. The summed E-state index contributed by atoms with van der Waals surface area (Å²) in [5.41, 5.74) is 1.40. The first-order valence-electron chi connectivity index (χ1n) is 10.1. The molecule has 1 saturated heterocycles. The van der Waals surface area contributed by atoms with Crippen molar-refractivity contribution in [1.29, 1.82) is 0 Å². The van der Waals surface area contributed by atoms with Gasteiger partial charge in [-0.05, 0) is 77.6 Å². The van der Waals surface area contributed by atoms with Gasteiger partial charge in [0.2, 0.25) is 0 Å². The third kappa shape index (κ3) is 8.39. The van der Waals surface area contributed by atoms with Crippen LogP contribution in [-0.2, 0) is 6.42 Å². The molecule has 0 spiro atoms. The predicted molar refractivity (Wildman–Crippen MR) is 108 cm³/mol. The van der Waals surface area contributed by atoms with Crippen LogP contribution in [0.4, 0.5) is 0 Å². The summed E-state index contributed by atoms with van der Waals surface area (Å²) in [6, 6.07) is 11.1. The van der Waals surface area contributed by atoms with Crippen LogP contribution in [0.1, 0.15) is 51.5 Å². The van der Waals surface area contributed by atoms with Crippen molar-refractivity contribution in [1.82, 2.24) is 15.5 Å². The molecule has 1 aliphatic rings. The lowest BCUT2D eigenvalue weighted by atomic mass is 10.1. The second-order valence-corrected chi connectivity index (χ2v) is 7.09. The zero-order valence-corrected chi connectivity index (χ0v) is 16.1. The molecule has 1 aromatic carbocycles. The van der Waals surface area contributed by atoms with Gasteiger partial charge in [0.05, 0.1) is 0 Å². The molecule has 1 unspecified atom stereocenters. The molecule has 2 N–H and O–H groups in total. The molecule has 1 aliphatic heterocycles. The molecule has 1 heterocycles. The zero-order valence-electron chi connectivity index (χ0n) is 16.1. The summed E-state index contributed by atoms with van der Waals surface area (Å²) in [5.74, 6) is 0.962. The first-order chi connectivity index (χ1) is 12.3. The van der Waals surface area contributed by atoms with Crippen molar-refractivity contribution in [2.24, 2.45) is 4.99 Å². The highest BCUT2D eigenvalue weighted by molar-refractivity contribution is 5.80. The van der Waals surface area contributed by atoms with Gasteiger partial charge < -0.3 is 15.5 Å². The molecule has 25 heavy (non-hydrogen) atoms. The molecule has 0 radical (unpaired) electrons. The van der Waals surface area contributed by atoms with Crippen molar-refractivity contribution in [2.45, 2.75) is 58.4 Å². The van der Waals surface area contributed by atoms with Gasteiger partial charge in [0, 0.05) is 19.1 Å². The van der Waals surface area contributed by atoms with Gasteiger partial charge in [-0.15, -0.1) is 0 Å². The predicted octanol–water partition coefficient (Wildman–Crippen LogP) is 3.44. The van der Waals surface area contributed by atoms with Crippen molar-refractivity contribution in [2.75, 3.05) is 32.7 Å². The van der Waals surface area contributed by atoms with Crippen LogP contribution in [-0.4, -0.2) is 49.6 Å². The molecule has 140 valence electrons. The highest BCUT2D eigenvalue weighted by atomic mass is 15.2. The Morgan fingerprint density at radius 3 is 2.64 bits per heavy atom. The van der Waals surface area contributed by atoms with Gasteiger partial charge in [-0.2, -0.15) is 0 Å². The van der Waals surface area contributed by atoms with E-state index in [1.54, 1.807) is 0 Å². The molecule has 4 nitrogen and oxygen atoms in total. The molecule has 0 bridgehead atoms. The van der Waals surface area contributed by atoms with Crippen LogP contribution in [0.5, 0.6) is 0 Å². The number of aliphatic imine (C=N–C) groups is 1. The topological polar surface area (TPSA) is 39.7 Å². The van der Waals surface area contributed by atoms with E-state index in [-0.39, 0.29) is 0 Å². The lowest BCUT2D eigenvalue weighted by molar-refractivity contribution is 0.331. The quantitative estimate of drug-likeness (QED) is 0.388. The molecule has 1 atom stereocenters. The molecule has 1 fully saturated rings. The molecule has 0 aliphatic carbocycles.